The minimum atomic E-state index is -0.821. The van der Waals surface area contributed by atoms with Gasteiger partial charge in [0.2, 0.25) is 0 Å². The van der Waals surface area contributed by atoms with Gasteiger partial charge < -0.3 is 9.47 Å². The molecule has 190 valence electrons. The predicted octanol–water partition coefficient (Wildman–Crippen LogP) is 6.52. The highest BCUT2D eigenvalue weighted by Gasteiger charge is 2.37. The molecule has 4 rings (SSSR count). The topological polar surface area (TPSA) is 84.9 Å². The zero-order chi connectivity index (χ0) is 26.9. The molecule has 10 heteroatoms. The molecular weight excluding hydrogens is 539 g/mol. The summed E-state index contributed by atoms with van der Waals surface area (Å²) in [6.07, 6.45) is 1.34. The lowest BCUT2D eigenvalue weighted by molar-refractivity contribution is -0.122. The molecule has 0 radical (unpaired) electrons. The summed E-state index contributed by atoms with van der Waals surface area (Å²) in [5.41, 5.74) is 3.02. The zero-order valence-corrected chi connectivity index (χ0v) is 22.3. The van der Waals surface area contributed by atoms with Gasteiger partial charge in [-0.05, 0) is 78.6 Å². The predicted molar refractivity (Wildman–Crippen MR) is 144 cm³/mol. The van der Waals surface area contributed by atoms with E-state index in [-0.39, 0.29) is 28.7 Å². The molecule has 4 amide bonds. The van der Waals surface area contributed by atoms with Crippen molar-refractivity contribution in [1.29, 1.82) is 0 Å². The van der Waals surface area contributed by atoms with Crippen molar-refractivity contribution in [2.75, 3.05) is 12.0 Å². The molecule has 0 atom stereocenters. The first-order valence-electron chi connectivity index (χ1n) is 11.0. The molecule has 1 aliphatic heterocycles. The number of halogens is 3. The Labute approximate surface area is 228 Å². The number of aryl methyl sites for hydroxylation is 2. The van der Waals surface area contributed by atoms with Crippen LogP contribution < -0.4 is 19.7 Å². The maximum absolute atomic E-state index is 13.3. The number of ether oxygens (including phenoxy) is 2. The first kappa shape index (κ1) is 26.5. The highest BCUT2D eigenvalue weighted by atomic mass is 35.5. The van der Waals surface area contributed by atoms with Gasteiger partial charge in [0.15, 0.2) is 11.5 Å². The van der Waals surface area contributed by atoms with Crippen LogP contribution in [0.15, 0.2) is 54.1 Å². The van der Waals surface area contributed by atoms with Crippen LogP contribution in [0, 0.1) is 13.8 Å². The molecule has 0 unspecified atom stereocenters. The molecular formula is C27H21Cl3N2O5. The molecule has 0 saturated carbocycles. The molecule has 1 aliphatic rings. The van der Waals surface area contributed by atoms with Gasteiger partial charge in [0, 0.05) is 0 Å². The number of benzene rings is 3. The van der Waals surface area contributed by atoms with Gasteiger partial charge in [0.25, 0.3) is 11.8 Å². The van der Waals surface area contributed by atoms with Gasteiger partial charge in [-0.1, -0.05) is 46.9 Å². The van der Waals surface area contributed by atoms with Crippen molar-refractivity contribution in [1.82, 2.24) is 5.32 Å². The molecule has 3 aromatic rings. The lowest BCUT2D eigenvalue weighted by Crippen LogP contribution is -2.54. The molecule has 1 saturated heterocycles. The van der Waals surface area contributed by atoms with Crippen molar-refractivity contribution in [3.05, 3.63) is 91.4 Å². The van der Waals surface area contributed by atoms with Crippen LogP contribution in [0.1, 0.15) is 22.3 Å². The third kappa shape index (κ3) is 5.74. The summed E-state index contributed by atoms with van der Waals surface area (Å²) in [6, 6.07) is 12.7. The van der Waals surface area contributed by atoms with Crippen molar-refractivity contribution in [2.24, 2.45) is 0 Å². The maximum atomic E-state index is 13.3. The van der Waals surface area contributed by atoms with E-state index < -0.39 is 17.8 Å². The average Bonchev–Trinajstić information content (AvgIpc) is 2.82. The SMILES string of the molecule is COc1cc(/C=C2\C(=O)NC(=O)N(c3cc(C)cc(C)c3)C2=O)cc(Cl)c1OCc1ccc(Cl)c(Cl)c1. The van der Waals surface area contributed by atoms with Crippen LogP contribution in [0.25, 0.3) is 6.08 Å². The summed E-state index contributed by atoms with van der Waals surface area (Å²) in [4.78, 5) is 39.3. The number of amides is 4. The van der Waals surface area contributed by atoms with E-state index in [1.807, 2.05) is 19.9 Å². The molecule has 0 aromatic heterocycles. The van der Waals surface area contributed by atoms with Gasteiger partial charge in [0.05, 0.1) is 27.9 Å². The third-order valence-corrected chi connectivity index (χ3v) is 6.52. The minimum absolute atomic E-state index is 0.140. The van der Waals surface area contributed by atoms with Crippen molar-refractivity contribution >= 4 is 64.4 Å². The van der Waals surface area contributed by atoms with Crippen molar-refractivity contribution in [3.63, 3.8) is 0 Å². The number of carbonyl (C=O) groups excluding carboxylic acids is 3. The Kier molecular flexibility index (Phi) is 7.78. The average molecular weight is 560 g/mol. The number of anilines is 1. The molecule has 7 nitrogen and oxygen atoms in total. The number of rotatable bonds is 6. The normalized spacial score (nSPS) is 14.7. The standard InChI is InChI=1S/C27H21Cl3N2O5/c1-14-6-15(2)8-18(7-14)32-26(34)19(25(33)31-27(32)35)9-17-11-22(30)24(23(12-17)36-3)37-13-16-4-5-20(28)21(29)10-16/h4-12H,13H2,1-3H3,(H,31,33,35)/b19-9+. The second kappa shape index (κ2) is 10.8. The Morgan fingerprint density at radius 1 is 0.892 bits per heavy atom. The zero-order valence-electron chi connectivity index (χ0n) is 20.0. The van der Waals surface area contributed by atoms with Crippen LogP contribution >= 0.6 is 34.8 Å². The van der Waals surface area contributed by atoms with E-state index in [1.54, 1.807) is 36.4 Å². The Hall–Kier alpha value is -3.52. The van der Waals surface area contributed by atoms with E-state index in [0.717, 1.165) is 21.6 Å². The first-order chi connectivity index (χ1) is 17.6. The summed E-state index contributed by atoms with van der Waals surface area (Å²) < 4.78 is 11.3. The second-order valence-corrected chi connectivity index (χ2v) is 9.60. The highest BCUT2D eigenvalue weighted by molar-refractivity contribution is 6.42. The monoisotopic (exact) mass is 558 g/mol. The molecule has 37 heavy (non-hydrogen) atoms. The van der Waals surface area contributed by atoms with Crippen LogP contribution in [0.3, 0.4) is 0 Å². The Balaban J connectivity index is 1.65. The van der Waals surface area contributed by atoms with Crippen LogP contribution in [0.5, 0.6) is 11.5 Å². The minimum Gasteiger partial charge on any atom is -0.493 e. The summed E-state index contributed by atoms with van der Waals surface area (Å²) in [5, 5.41) is 3.23. The fourth-order valence-corrected chi connectivity index (χ4v) is 4.48. The molecule has 1 fully saturated rings. The van der Waals surface area contributed by atoms with Crippen molar-refractivity contribution in [2.45, 2.75) is 20.5 Å². The van der Waals surface area contributed by atoms with E-state index in [2.05, 4.69) is 5.32 Å². The van der Waals surface area contributed by atoms with Crippen molar-refractivity contribution < 1.29 is 23.9 Å². The largest absolute Gasteiger partial charge is 0.493 e. The highest BCUT2D eigenvalue weighted by Crippen LogP contribution is 2.38. The number of nitrogens with zero attached hydrogens (tertiary/aromatic N) is 1. The summed E-state index contributed by atoms with van der Waals surface area (Å²) in [5.74, 6) is -1.02. The third-order valence-electron chi connectivity index (χ3n) is 5.50. The molecule has 3 aromatic carbocycles. The van der Waals surface area contributed by atoms with Crippen LogP contribution in [-0.4, -0.2) is 25.0 Å². The molecule has 0 spiro atoms. The summed E-state index contributed by atoms with van der Waals surface area (Å²) >= 11 is 18.5. The molecule has 1 heterocycles. The summed E-state index contributed by atoms with van der Waals surface area (Å²) in [7, 11) is 1.44. The lowest BCUT2D eigenvalue weighted by Gasteiger charge is -2.27. The molecule has 1 N–H and O–H groups in total. The number of barbiturate groups is 1. The van der Waals surface area contributed by atoms with Gasteiger partial charge in [-0.3, -0.25) is 14.9 Å². The van der Waals surface area contributed by atoms with E-state index >= 15 is 0 Å². The Morgan fingerprint density at radius 3 is 2.24 bits per heavy atom. The number of hydrogen-bond donors (Lipinski definition) is 1. The summed E-state index contributed by atoms with van der Waals surface area (Å²) in [6.45, 7) is 3.84. The smallest absolute Gasteiger partial charge is 0.335 e. The Morgan fingerprint density at radius 2 is 1.59 bits per heavy atom. The van der Waals surface area contributed by atoms with Gasteiger partial charge in [-0.25, -0.2) is 9.69 Å². The fraction of sp³-hybridized carbons (Fsp3) is 0.148. The van der Waals surface area contributed by atoms with Crippen LogP contribution in [0.2, 0.25) is 15.1 Å². The lowest BCUT2D eigenvalue weighted by atomic mass is 10.0. The first-order valence-corrected chi connectivity index (χ1v) is 12.1. The quantitative estimate of drug-likeness (QED) is 0.275. The molecule has 0 bridgehead atoms. The fourth-order valence-electron chi connectivity index (χ4n) is 3.89. The van der Waals surface area contributed by atoms with E-state index in [1.165, 1.54) is 19.3 Å². The van der Waals surface area contributed by atoms with Crippen molar-refractivity contribution in [3.8, 4) is 11.5 Å². The number of methoxy groups -OCH3 is 1. The number of nitrogens with one attached hydrogen (secondary N) is 1. The number of urea groups is 1. The van der Waals surface area contributed by atoms with Crippen LogP contribution in [0.4, 0.5) is 10.5 Å². The Bertz CT molecular complexity index is 1450. The van der Waals surface area contributed by atoms with E-state index in [0.29, 0.717) is 21.3 Å². The van der Waals surface area contributed by atoms with Gasteiger partial charge >= 0.3 is 6.03 Å². The van der Waals surface area contributed by atoms with Crippen LogP contribution in [-0.2, 0) is 16.2 Å². The van der Waals surface area contributed by atoms with E-state index in [4.69, 9.17) is 44.3 Å². The number of hydrogen-bond acceptors (Lipinski definition) is 5. The number of carbonyl (C=O) groups is 3. The maximum Gasteiger partial charge on any atom is 0.335 e. The van der Waals surface area contributed by atoms with Gasteiger partial charge in [-0.15, -0.1) is 0 Å². The van der Waals surface area contributed by atoms with Gasteiger partial charge in [0.1, 0.15) is 12.2 Å². The van der Waals surface area contributed by atoms with Gasteiger partial charge in [-0.2, -0.15) is 0 Å². The van der Waals surface area contributed by atoms with E-state index in [9.17, 15) is 14.4 Å². The second-order valence-electron chi connectivity index (χ2n) is 8.38. The number of imide groups is 2. The molecule has 0 aliphatic carbocycles.